The molecule has 0 saturated heterocycles. The summed E-state index contributed by atoms with van der Waals surface area (Å²) >= 11 is 6.19. The Labute approximate surface area is 192 Å². The van der Waals surface area contributed by atoms with Crippen LogP contribution in [0.15, 0.2) is 46.1 Å². The molecule has 7 nitrogen and oxygen atoms in total. The molecule has 0 radical (unpaired) electrons. The number of fused-ring (bicyclic) bond motifs is 1. The Morgan fingerprint density at radius 2 is 1.88 bits per heavy atom. The summed E-state index contributed by atoms with van der Waals surface area (Å²) in [6.07, 6.45) is 1.48. The van der Waals surface area contributed by atoms with Crippen LogP contribution in [0, 0.1) is 11.6 Å². The van der Waals surface area contributed by atoms with Gasteiger partial charge in [-0.2, -0.15) is 4.68 Å². The molecule has 33 heavy (non-hydrogen) atoms. The van der Waals surface area contributed by atoms with Crippen LogP contribution in [0.5, 0.6) is 0 Å². The number of aromatic nitrogens is 4. The molecule has 2 aromatic carbocycles. The van der Waals surface area contributed by atoms with Crippen LogP contribution in [0.3, 0.4) is 0 Å². The Balaban J connectivity index is 2.08. The minimum Gasteiger partial charge on any atom is -0.388 e. The first kappa shape index (κ1) is 22.9. The maximum atomic E-state index is 15.2. The Hall–Kier alpha value is -3.30. The zero-order valence-corrected chi connectivity index (χ0v) is 18.9. The summed E-state index contributed by atoms with van der Waals surface area (Å²) in [7, 11) is 0. The number of nitrogens with zero attached hydrogens (tertiary/aromatic N) is 4. The van der Waals surface area contributed by atoms with Gasteiger partial charge in [0.2, 0.25) is 0 Å². The number of hydrogen-bond acceptors (Lipinski definition) is 4. The number of rotatable bonds is 5. The number of halogens is 3. The van der Waals surface area contributed by atoms with Crippen LogP contribution in [-0.2, 0) is 13.2 Å². The van der Waals surface area contributed by atoms with Gasteiger partial charge in [0.15, 0.2) is 11.3 Å². The van der Waals surface area contributed by atoms with Crippen molar-refractivity contribution in [2.75, 3.05) is 0 Å². The van der Waals surface area contributed by atoms with Gasteiger partial charge in [0.1, 0.15) is 23.9 Å². The lowest BCUT2D eigenvalue weighted by molar-refractivity contribution is 0.264. The van der Waals surface area contributed by atoms with Gasteiger partial charge in [-0.3, -0.25) is 9.36 Å². The quantitative estimate of drug-likeness (QED) is 0.473. The van der Waals surface area contributed by atoms with E-state index < -0.39 is 29.4 Å². The molecule has 0 spiro atoms. The van der Waals surface area contributed by atoms with Crippen LogP contribution >= 0.6 is 11.6 Å². The number of hydrogen-bond donors (Lipinski definition) is 1. The van der Waals surface area contributed by atoms with Gasteiger partial charge < -0.3 is 9.67 Å². The maximum Gasteiger partial charge on any atom is 0.350 e. The number of aliphatic hydroxyl groups excluding tert-OH is 1. The van der Waals surface area contributed by atoms with Gasteiger partial charge in [0.25, 0.3) is 0 Å². The molecule has 0 aliphatic carbocycles. The predicted molar refractivity (Wildman–Crippen MR) is 122 cm³/mol. The molecule has 0 amide bonds. The Morgan fingerprint density at radius 3 is 2.45 bits per heavy atom. The van der Waals surface area contributed by atoms with Gasteiger partial charge in [0, 0.05) is 29.7 Å². The second-order valence-electron chi connectivity index (χ2n) is 7.80. The summed E-state index contributed by atoms with van der Waals surface area (Å²) in [5, 5.41) is 13.6. The lowest BCUT2D eigenvalue weighted by Crippen LogP contribution is -2.25. The third-order valence-electron chi connectivity index (χ3n) is 5.51. The fraction of sp³-hybridized carbons (Fsp3) is 0.261. The monoisotopic (exact) mass is 474 g/mol. The highest BCUT2D eigenvalue weighted by atomic mass is 35.5. The smallest absolute Gasteiger partial charge is 0.350 e. The highest BCUT2D eigenvalue weighted by molar-refractivity contribution is 6.33. The molecule has 0 aliphatic rings. The molecule has 2 heterocycles. The predicted octanol–water partition coefficient (Wildman–Crippen LogP) is 4.04. The summed E-state index contributed by atoms with van der Waals surface area (Å²) in [5.74, 6) is -1.44. The molecule has 0 aliphatic heterocycles. The SMILES string of the molecule is CCn1c(CO)nn(-c2cc3c(cc2F)c(=O)c(-c2c(F)cccc2Cl)cn3C(C)C)c1=O. The molecular formula is C23H21ClF2N4O3. The average molecular weight is 475 g/mol. The highest BCUT2D eigenvalue weighted by Gasteiger charge is 2.22. The van der Waals surface area contributed by atoms with Crippen molar-refractivity contribution in [2.24, 2.45) is 0 Å². The number of benzene rings is 2. The fourth-order valence-electron chi connectivity index (χ4n) is 3.91. The van der Waals surface area contributed by atoms with Gasteiger partial charge in [-0.1, -0.05) is 17.7 Å². The first-order valence-electron chi connectivity index (χ1n) is 10.3. The van der Waals surface area contributed by atoms with Crippen molar-refractivity contribution >= 4 is 22.5 Å². The Morgan fingerprint density at radius 1 is 1.15 bits per heavy atom. The third-order valence-corrected chi connectivity index (χ3v) is 5.83. The van der Waals surface area contributed by atoms with Crippen molar-refractivity contribution in [1.29, 1.82) is 0 Å². The highest BCUT2D eigenvalue weighted by Crippen LogP contribution is 2.31. The Bertz CT molecular complexity index is 1480. The van der Waals surface area contributed by atoms with Gasteiger partial charge in [-0.05, 0) is 45.0 Å². The minimum absolute atomic E-state index is 0.00134. The van der Waals surface area contributed by atoms with Crippen molar-refractivity contribution in [3.05, 3.63) is 79.7 Å². The zero-order chi connectivity index (χ0) is 24.0. The molecule has 0 atom stereocenters. The van der Waals surface area contributed by atoms with Crippen LogP contribution in [0.4, 0.5) is 8.78 Å². The summed E-state index contributed by atoms with van der Waals surface area (Å²) in [6.45, 7) is 5.15. The van der Waals surface area contributed by atoms with E-state index in [1.165, 1.54) is 35.0 Å². The topological polar surface area (TPSA) is 82.0 Å². The normalized spacial score (nSPS) is 11.6. The van der Waals surface area contributed by atoms with Crippen molar-refractivity contribution in [2.45, 2.75) is 40.0 Å². The molecule has 4 rings (SSSR count). The summed E-state index contributed by atoms with van der Waals surface area (Å²) < 4.78 is 33.6. The zero-order valence-electron chi connectivity index (χ0n) is 18.1. The molecule has 172 valence electrons. The van der Waals surface area contributed by atoms with Crippen molar-refractivity contribution in [3.63, 3.8) is 0 Å². The van der Waals surface area contributed by atoms with E-state index in [0.29, 0.717) is 5.52 Å². The molecule has 2 aromatic heterocycles. The molecule has 10 heteroatoms. The fourth-order valence-corrected chi connectivity index (χ4v) is 4.17. The summed E-state index contributed by atoms with van der Waals surface area (Å²) in [4.78, 5) is 26.0. The van der Waals surface area contributed by atoms with Crippen molar-refractivity contribution in [1.82, 2.24) is 18.9 Å². The molecule has 4 aromatic rings. The first-order valence-corrected chi connectivity index (χ1v) is 10.7. The van der Waals surface area contributed by atoms with E-state index in [2.05, 4.69) is 5.10 Å². The summed E-state index contributed by atoms with van der Waals surface area (Å²) in [5.41, 5.74) is -1.10. The van der Waals surface area contributed by atoms with Crippen molar-refractivity contribution < 1.29 is 13.9 Å². The van der Waals surface area contributed by atoms with Gasteiger partial charge in [0.05, 0.1) is 16.1 Å². The lowest BCUT2D eigenvalue weighted by atomic mass is 10.0. The average Bonchev–Trinajstić information content (AvgIpc) is 3.10. The molecule has 0 fully saturated rings. The molecule has 0 bridgehead atoms. The van der Waals surface area contributed by atoms with Crippen LogP contribution in [0.2, 0.25) is 5.02 Å². The standard InChI is InChI=1S/C23H21ClF2N4O3/c1-4-28-20(11-31)27-30(23(28)33)19-9-18-13(8-17(19)26)22(32)14(10-29(18)12(2)3)21-15(24)6-5-7-16(21)25/h5-10,12,31H,4,11H2,1-3H3. The van der Waals surface area contributed by atoms with Crippen molar-refractivity contribution in [3.8, 4) is 16.8 Å². The first-order chi connectivity index (χ1) is 15.7. The minimum atomic E-state index is -0.862. The van der Waals surface area contributed by atoms with Crippen LogP contribution in [-0.4, -0.2) is 24.0 Å². The maximum absolute atomic E-state index is 15.2. The van der Waals surface area contributed by atoms with Gasteiger partial charge in [-0.25, -0.2) is 13.6 Å². The van der Waals surface area contributed by atoms with E-state index in [-0.39, 0.29) is 45.6 Å². The molecule has 0 saturated carbocycles. The van der Waals surface area contributed by atoms with Crippen LogP contribution < -0.4 is 11.1 Å². The largest absolute Gasteiger partial charge is 0.388 e. The van der Waals surface area contributed by atoms with Gasteiger partial charge >= 0.3 is 5.69 Å². The Kier molecular flexibility index (Phi) is 5.94. The number of aliphatic hydroxyl groups is 1. The van der Waals surface area contributed by atoms with E-state index in [9.17, 15) is 19.1 Å². The van der Waals surface area contributed by atoms with Crippen LogP contribution in [0.1, 0.15) is 32.6 Å². The van der Waals surface area contributed by atoms with E-state index in [1.807, 2.05) is 13.8 Å². The van der Waals surface area contributed by atoms with E-state index in [0.717, 1.165) is 10.7 Å². The van der Waals surface area contributed by atoms with E-state index >= 15 is 4.39 Å². The molecular weight excluding hydrogens is 454 g/mol. The second kappa shape index (κ2) is 8.57. The van der Waals surface area contributed by atoms with E-state index in [4.69, 9.17) is 11.6 Å². The van der Waals surface area contributed by atoms with Crippen LogP contribution in [0.25, 0.3) is 27.7 Å². The molecule has 1 N–H and O–H groups in total. The summed E-state index contributed by atoms with van der Waals surface area (Å²) in [6, 6.07) is 6.27. The van der Waals surface area contributed by atoms with Gasteiger partial charge in [-0.15, -0.1) is 5.10 Å². The third kappa shape index (κ3) is 3.67. The second-order valence-corrected chi connectivity index (χ2v) is 8.21. The lowest BCUT2D eigenvalue weighted by Gasteiger charge is -2.18. The number of pyridine rings is 1. The molecule has 0 unspecified atom stereocenters. The van der Waals surface area contributed by atoms with E-state index in [1.54, 1.807) is 11.5 Å².